The normalized spacial score (nSPS) is 18.3. The molecule has 0 saturated carbocycles. The van der Waals surface area contributed by atoms with Crippen molar-refractivity contribution in [1.82, 2.24) is 0 Å². The van der Waals surface area contributed by atoms with Gasteiger partial charge in [-0.15, -0.1) is 0 Å². The Morgan fingerprint density at radius 2 is 1.55 bits per heavy atom. The third kappa shape index (κ3) is 5.30. The first-order chi connectivity index (χ1) is 10.4. The molecule has 0 bridgehead atoms. The molecule has 0 nitrogen and oxygen atoms in total. The second kappa shape index (κ2) is 9.18. The molecule has 0 spiro atoms. The Morgan fingerprint density at radius 1 is 0.955 bits per heavy atom. The molecule has 1 rings (SSSR count). The lowest BCUT2D eigenvalue weighted by Gasteiger charge is -2.30. The monoisotopic (exact) mass is 300 g/mol. The van der Waals surface area contributed by atoms with Gasteiger partial charge in [-0.05, 0) is 48.0 Å². The van der Waals surface area contributed by atoms with Crippen LogP contribution >= 0.6 is 0 Å². The van der Waals surface area contributed by atoms with Gasteiger partial charge in [0.2, 0.25) is 0 Å². The topological polar surface area (TPSA) is 0 Å². The van der Waals surface area contributed by atoms with Gasteiger partial charge in [-0.25, -0.2) is 0 Å². The maximum absolute atomic E-state index is 4.40. The average molecular weight is 301 g/mol. The van der Waals surface area contributed by atoms with Crippen LogP contribution in [-0.2, 0) is 0 Å². The minimum atomic E-state index is 0.618. The maximum Gasteiger partial charge on any atom is -0.0165 e. The van der Waals surface area contributed by atoms with Crippen LogP contribution in [0.2, 0.25) is 0 Å². The van der Waals surface area contributed by atoms with Crippen molar-refractivity contribution >= 4 is 0 Å². The van der Waals surface area contributed by atoms with E-state index in [1.165, 1.54) is 30.4 Å². The number of hydrogen-bond acceptors (Lipinski definition) is 0. The smallest absolute Gasteiger partial charge is 0.0165 e. The lowest BCUT2D eigenvalue weighted by atomic mass is 9.75. The van der Waals surface area contributed by atoms with E-state index in [0.29, 0.717) is 29.6 Å². The Bertz CT molecular complexity index is 431. The minimum Gasteiger partial charge on any atom is -0.0993 e. The van der Waals surface area contributed by atoms with Crippen LogP contribution in [0.15, 0.2) is 42.5 Å². The fourth-order valence-corrected chi connectivity index (χ4v) is 3.51. The van der Waals surface area contributed by atoms with E-state index in [4.69, 9.17) is 0 Å². The van der Waals surface area contributed by atoms with Gasteiger partial charge in [-0.3, -0.25) is 0 Å². The molecule has 0 radical (unpaired) electrons. The molecule has 0 aromatic heterocycles. The van der Waals surface area contributed by atoms with Crippen molar-refractivity contribution in [3.05, 3.63) is 48.0 Å². The predicted octanol–water partition coefficient (Wildman–Crippen LogP) is 7.08. The number of allylic oxidation sites excluding steroid dienone is 1. The van der Waals surface area contributed by atoms with Gasteiger partial charge in [-0.1, -0.05) is 90.4 Å². The van der Waals surface area contributed by atoms with Gasteiger partial charge in [0, 0.05) is 0 Å². The third-order valence-corrected chi connectivity index (χ3v) is 5.72. The fourth-order valence-electron chi connectivity index (χ4n) is 3.51. The molecule has 0 N–H and O–H groups in total. The molecule has 0 aliphatic carbocycles. The van der Waals surface area contributed by atoms with Crippen LogP contribution < -0.4 is 0 Å². The van der Waals surface area contributed by atoms with Crippen molar-refractivity contribution < 1.29 is 0 Å². The number of rotatable bonds is 9. The van der Waals surface area contributed by atoms with Gasteiger partial charge in [-0.2, -0.15) is 0 Å². The van der Waals surface area contributed by atoms with Crippen LogP contribution in [-0.4, -0.2) is 0 Å². The summed E-state index contributed by atoms with van der Waals surface area (Å²) in [6.45, 7) is 18.6. The second-order valence-corrected chi connectivity index (χ2v) is 7.44. The molecule has 22 heavy (non-hydrogen) atoms. The Morgan fingerprint density at radius 3 is 2.09 bits per heavy atom. The lowest BCUT2D eigenvalue weighted by molar-refractivity contribution is 0.305. The van der Waals surface area contributed by atoms with Crippen molar-refractivity contribution in [3.63, 3.8) is 0 Å². The lowest BCUT2D eigenvalue weighted by Crippen LogP contribution is -2.19. The average Bonchev–Trinajstić information content (AvgIpc) is 2.53. The molecular formula is C22H36. The Balaban J connectivity index is 2.59. The highest BCUT2D eigenvalue weighted by Gasteiger charge is 2.23. The second-order valence-electron chi connectivity index (χ2n) is 7.44. The zero-order chi connectivity index (χ0) is 16.7. The zero-order valence-electron chi connectivity index (χ0n) is 15.6. The van der Waals surface area contributed by atoms with E-state index in [0.717, 1.165) is 0 Å². The highest BCUT2D eigenvalue weighted by atomic mass is 14.3. The Kier molecular flexibility index (Phi) is 7.93. The first-order valence-corrected chi connectivity index (χ1v) is 9.12. The first kappa shape index (κ1) is 19.0. The van der Waals surface area contributed by atoms with Gasteiger partial charge in [0.05, 0.1) is 0 Å². The highest BCUT2D eigenvalue weighted by Crippen LogP contribution is 2.35. The number of hydrogen-bond donors (Lipinski definition) is 0. The molecule has 0 heterocycles. The van der Waals surface area contributed by atoms with Crippen LogP contribution in [0.1, 0.15) is 72.3 Å². The quantitative estimate of drug-likeness (QED) is 0.427. The molecule has 5 unspecified atom stereocenters. The molecule has 0 amide bonds. The van der Waals surface area contributed by atoms with Gasteiger partial charge in [0.15, 0.2) is 0 Å². The summed E-state index contributed by atoms with van der Waals surface area (Å²) >= 11 is 0. The van der Waals surface area contributed by atoms with Crippen molar-refractivity contribution in [2.45, 2.75) is 66.7 Å². The van der Waals surface area contributed by atoms with Crippen molar-refractivity contribution in [3.8, 4) is 0 Å². The third-order valence-electron chi connectivity index (χ3n) is 5.72. The van der Waals surface area contributed by atoms with Gasteiger partial charge in [0.25, 0.3) is 0 Å². The van der Waals surface area contributed by atoms with Crippen LogP contribution in [0.5, 0.6) is 0 Å². The van der Waals surface area contributed by atoms with Crippen LogP contribution in [0.25, 0.3) is 0 Å². The molecular weight excluding hydrogens is 264 g/mol. The molecule has 1 aromatic rings. The van der Waals surface area contributed by atoms with E-state index < -0.39 is 0 Å². The minimum absolute atomic E-state index is 0.618. The van der Waals surface area contributed by atoms with Crippen molar-refractivity contribution in [2.75, 3.05) is 0 Å². The molecule has 124 valence electrons. The first-order valence-electron chi connectivity index (χ1n) is 9.12. The van der Waals surface area contributed by atoms with Gasteiger partial charge < -0.3 is 0 Å². The summed E-state index contributed by atoms with van der Waals surface area (Å²) in [4.78, 5) is 0. The Hall–Kier alpha value is -1.04. The van der Waals surface area contributed by atoms with Crippen molar-refractivity contribution in [2.24, 2.45) is 23.7 Å². The van der Waals surface area contributed by atoms with Crippen LogP contribution in [0.4, 0.5) is 0 Å². The largest absolute Gasteiger partial charge is 0.0993 e. The summed E-state index contributed by atoms with van der Waals surface area (Å²) in [6.07, 6.45) is 3.80. The summed E-state index contributed by atoms with van der Waals surface area (Å²) in [6, 6.07) is 10.9. The standard InChI is InChI=1S/C22H36/c1-8-12-16(2)19(5)20(6)17(3)15-18(4)21(7)22-13-10-9-11-14-22/h9-11,13-14,16-18,20-21H,5,8,12,15H2,1-4,6-7H3. The van der Waals surface area contributed by atoms with E-state index in [9.17, 15) is 0 Å². The molecule has 0 aliphatic rings. The summed E-state index contributed by atoms with van der Waals surface area (Å²) < 4.78 is 0. The Labute approximate surface area is 139 Å². The zero-order valence-corrected chi connectivity index (χ0v) is 15.6. The number of benzene rings is 1. The fraction of sp³-hybridized carbons (Fsp3) is 0.636. The molecule has 5 atom stereocenters. The van der Waals surface area contributed by atoms with E-state index in [1.807, 2.05) is 0 Å². The van der Waals surface area contributed by atoms with E-state index in [1.54, 1.807) is 0 Å². The molecule has 0 heteroatoms. The summed E-state index contributed by atoms with van der Waals surface area (Å²) in [7, 11) is 0. The van der Waals surface area contributed by atoms with Crippen LogP contribution in [0.3, 0.4) is 0 Å². The molecule has 1 aromatic carbocycles. The van der Waals surface area contributed by atoms with E-state index in [-0.39, 0.29) is 0 Å². The SMILES string of the molecule is C=C(C(C)CCC)C(C)C(C)CC(C)C(C)c1ccccc1. The van der Waals surface area contributed by atoms with Gasteiger partial charge in [0.1, 0.15) is 0 Å². The van der Waals surface area contributed by atoms with Gasteiger partial charge >= 0.3 is 0 Å². The molecule has 0 fully saturated rings. The van der Waals surface area contributed by atoms with Crippen LogP contribution in [0, 0.1) is 23.7 Å². The van der Waals surface area contributed by atoms with E-state index >= 15 is 0 Å². The summed E-state index contributed by atoms with van der Waals surface area (Å²) in [5.41, 5.74) is 2.92. The van der Waals surface area contributed by atoms with E-state index in [2.05, 4.69) is 78.5 Å². The summed E-state index contributed by atoms with van der Waals surface area (Å²) in [5, 5.41) is 0. The summed E-state index contributed by atoms with van der Waals surface area (Å²) in [5.74, 6) is 3.30. The highest BCUT2D eigenvalue weighted by molar-refractivity contribution is 5.19. The molecule has 0 aliphatic heterocycles. The molecule has 0 saturated heterocycles. The van der Waals surface area contributed by atoms with Crippen molar-refractivity contribution in [1.29, 1.82) is 0 Å². The maximum atomic E-state index is 4.40. The predicted molar refractivity (Wildman–Crippen MR) is 100 cm³/mol.